The van der Waals surface area contributed by atoms with Crippen molar-refractivity contribution in [2.75, 3.05) is 13.2 Å². The van der Waals surface area contributed by atoms with Crippen LogP contribution < -0.4 is 11.1 Å². The number of carbonyl (C=O) groups excluding carboxylic acids is 1. The van der Waals surface area contributed by atoms with Crippen LogP contribution in [0.4, 0.5) is 0 Å². The molecule has 3 N–H and O–H groups in total. The zero-order chi connectivity index (χ0) is 16.1. The van der Waals surface area contributed by atoms with Gasteiger partial charge in [-0.1, -0.05) is 24.3 Å². The molecule has 2 heterocycles. The summed E-state index contributed by atoms with van der Waals surface area (Å²) >= 11 is 0. The molecule has 1 aromatic heterocycles. The highest BCUT2D eigenvalue weighted by Crippen LogP contribution is 2.18. The summed E-state index contributed by atoms with van der Waals surface area (Å²) in [5, 5.41) is 7.16. The van der Waals surface area contributed by atoms with Gasteiger partial charge in [0.05, 0.1) is 12.1 Å². The van der Waals surface area contributed by atoms with Crippen molar-refractivity contribution in [1.82, 2.24) is 15.1 Å². The van der Waals surface area contributed by atoms with E-state index in [9.17, 15) is 4.79 Å². The molecule has 1 aliphatic heterocycles. The Kier molecular flexibility index (Phi) is 4.73. The Bertz CT molecular complexity index is 648. The summed E-state index contributed by atoms with van der Waals surface area (Å²) in [6.07, 6.45) is 4.83. The molecule has 0 unspecified atom stereocenters. The second-order valence-electron chi connectivity index (χ2n) is 5.97. The van der Waals surface area contributed by atoms with E-state index in [-0.39, 0.29) is 5.91 Å². The smallest absolute Gasteiger partial charge is 0.240 e. The van der Waals surface area contributed by atoms with Crippen LogP contribution >= 0.6 is 0 Å². The predicted molar refractivity (Wildman–Crippen MR) is 86.6 cm³/mol. The number of ether oxygens (including phenoxy) is 1. The summed E-state index contributed by atoms with van der Waals surface area (Å²) in [7, 11) is 0. The number of aromatic nitrogens is 2. The van der Waals surface area contributed by atoms with Gasteiger partial charge in [-0.2, -0.15) is 5.10 Å². The lowest BCUT2D eigenvalue weighted by Crippen LogP contribution is -2.56. The number of benzene rings is 1. The van der Waals surface area contributed by atoms with Crippen molar-refractivity contribution in [2.45, 2.75) is 31.5 Å². The number of nitrogens with two attached hydrogens (primary N) is 1. The van der Waals surface area contributed by atoms with Crippen LogP contribution in [-0.2, 0) is 22.6 Å². The summed E-state index contributed by atoms with van der Waals surface area (Å²) < 4.78 is 7.14. The molecule has 0 bridgehead atoms. The molecule has 1 amide bonds. The van der Waals surface area contributed by atoms with E-state index in [2.05, 4.69) is 22.5 Å². The maximum Gasteiger partial charge on any atom is 0.240 e. The molecule has 1 aromatic carbocycles. The zero-order valence-electron chi connectivity index (χ0n) is 13.1. The molecule has 2 aromatic rings. The van der Waals surface area contributed by atoms with Crippen molar-refractivity contribution in [3.63, 3.8) is 0 Å². The van der Waals surface area contributed by atoms with Crippen molar-refractivity contribution in [3.8, 4) is 0 Å². The number of hydrogen-bond acceptors (Lipinski definition) is 4. The maximum atomic E-state index is 12.3. The zero-order valence-corrected chi connectivity index (χ0v) is 13.1. The van der Waals surface area contributed by atoms with Gasteiger partial charge in [-0.05, 0) is 30.0 Å². The Morgan fingerprint density at radius 3 is 2.83 bits per heavy atom. The van der Waals surface area contributed by atoms with Gasteiger partial charge in [-0.15, -0.1) is 0 Å². The number of rotatable bonds is 5. The fraction of sp³-hybridized carbons (Fsp3) is 0.412. The second-order valence-corrected chi connectivity index (χ2v) is 5.97. The number of carbonyl (C=O) groups is 1. The van der Waals surface area contributed by atoms with Gasteiger partial charge in [-0.3, -0.25) is 9.48 Å². The molecule has 6 heteroatoms. The Hall–Kier alpha value is -2.18. The van der Waals surface area contributed by atoms with Gasteiger partial charge in [0.25, 0.3) is 0 Å². The third-order valence-corrected chi connectivity index (χ3v) is 4.19. The molecule has 3 rings (SSSR count). The van der Waals surface area contributed by atoms with Crippen LogP contribution in [0.15, 0.2) is 42.7 Å². The summed E-state index contributed by atoms with van der Waals surface area (Å²) in [6, 6.07) is 10.0. The monoisotopic (exact) mass is 314 g/mol. The van der Waals surface area contributed by atoms with Crippen LogP contribution in [-0.4, -0.2) is 34.4 Å². The van der Waals surface area contributed by atoms with Crippen LogP contribution in [0.25, 0.3) is 0 Å². The van der Waals surface area contributed by atoms with Gasteiger partial charge in [-0.25, -0.2) is 0 Å². The minimum atomic E-state index is -0.801. The lowest BCUT2D eigenvalue weighted by Gasteiger charge is -2.31. The fourth-order valence-corrected chi connectivity index (χ4v) is 2.74. The molecule has 0 atom stereocenters. The molecule has 23 heavy (non-hydrogen) atoms. The second kappa shape index (κ2) is 6.93. The number of nitrogens with zero attached hydrogens (tertiary/aromatic N) is 2. The van der Waals surface area contributed by atoms with Crippen LogP contribution in [0.1, 0.15) is 24.0 Å². The fourth-order valence-electron chi connectivity index (χ4n) is 2.74. The van der Waals surface area contributed by atoms with Crippen LogP contribution in [0, 0.1) is 0 Å². The first-order chi connectivity index (χ1) is 11.2. The van der Waals surface area contributed by atoms with Crippen molar-refractivity contribution < 1.29 is 9.53 Å². The first-order valence-corrected chi connectivity index (χ1v) is 7.86. The Morgan fingerprint density at radius 2 is 2.09 bits per heavy atom. The summed E-state index contributed by atoms with van der Waals surface area (Å²) in [5.74, 6) is -0.0988. The SMILES string of the molecule is NC1(C(=O)NCc2cccc(Cn3cccn3)c2)CCOCC1. The highest BCUT2D eigenvalue weighted by Gasteiger charge is 2.35. The lowest BCUT2D eigenvalue weighted by molar-refractivity contribution is -0.129. The normalized spacial score (nSPS) is 16.9. The van der Waals surface area contributed by atoms with Crippen molar-refractivity contribution in [1.29, 1.82) is 0 Å². The van der Waals surface area contributed by atoms with E-state index in [0.717, 1.165) is 11.1 Å². The Labute approximate surface area is 135 Å². The maximum absolute atomic E-state index is 12.3. The van der Waals surface area contributed by atoms with Crippen LogP contribution in [0.2, 0.25) is 0 Å². The van der Waals surface area contributed by atoms with E-state index < -0.39 is 5.54 Å². The van der Waals surface area contributed by atoms with E-state index in [4.69, 9.17) is 10.5 Å². The quantitative estimate of drug-likeness (QED) is 0.864. The van der Waals surface area contributed by atoms with Gasteiger partial charge in [0.15, 0.2) is 0 Å². The predicted octanol–water partition coefficient (Wildman–Crippen LogP) is 1.06. The first kappa shape index (κ1) is 15.7. The minimum absolute atomic E-state index is 0.0988. The van der Waals surface area contributed by atoms with E-state index in [1.54, 1.807) is 6.20 Å². The molecule has 122 valence electrons. The molecule has 6 nitrogen and oxygen atoms in total. The number of amides is 1. The highest BCUT2D eigenvalue weighted by molar-refractivity contribution is 5.86. The van der Waals surface area contributed by atoms with Gasteiger partial charge in [0.2, 0.25) is 5.91 Å². The molecule has 1 saturated heterocycles. The minimum Gasteiger partial charge on any atom is -0.381 e. The molecule has 0 aliphatic carbocycles. The number of nitrogens with one attached hydrogen (secondary N) is 1. The van der Waals surface area contributed by atoms with E-state index in [1.807, 2.05) is 29.1 Å². The molecule has 0 spiro atoms. The molecule has 1 aliphatic rings. The molecule has 0 saturated carbocycles. The number of hydrogen-bond donors (Lipinski definition) is 2. The summed E-state index contributed by atoms with van der Waals surface area (Å²) in [6.45, 7) is 2.28. The summed E-state index contributed by atoms with van der Waals surface area (Å²) in [5.41, 5.74) is 7.58. The van der Waals surface area contributed by atoms with Gasteiger partial charge >= 0.3 is 0 Å². The topological polar surface area (TPSA) is 82.2 Å². The first-order valence-electron chi connectivity index (χ1n) is 7.86. The molecule has 0 radical (unpaired) electrons. The largest absolute Gasteiger partial charge is 0.381 e. The molecular weight excluding hydrogens is 292 g/mol. The van der Waals surface area contributed by atoms with E-state index >= 15 is 0 Å². The standard InChI is InChI=1S/C17H22N4O2/c18-17(5-9-23-10-6-17)16(22)19-12-14-3-1-4-15(11-14)13-21-8-2-7-20-21/h1-4,7-8,11H,5-6,9-10,12-13,18H2,(H,19,22). The Morgan fingerprint density at radius 1 is 1.30 bits per heavy atom. The highest BCUT2D eigenvalue weighted by atomic mass is 16.5. The van der Waals surface area contributed by atoms with E-state index in [0.29, 0.717) is 39.1 Å². The average Bonchev–Trinajstić information content (AvgIpc) is 3.06. The Balaban J connectivity index is 1.58. The van der Waals surface area contributed by atoms with Gasteiger partial charge in [0.1, 0.15) is 0 Å². The van der Waals surface area contributed by atoms with Crippen LogP contribution in [0.5, 0.6) is 0 Å². The molecular formula is C17H22N4O2. The van der Waals surface area contributed by atoms with Crippen molar-refractivity contribution in [3.05, 3.63) is 53.9 Å². The third-order valence-electron chi connectivity index (χ3n) is 4.19. The van der Waals surface area contributed by atoms with Gasteiger partial charge < -0.3 is 15.8 Å². The van der Waals surface area contributed by atoms with Crippen molar-refractivity contribution in [2.24, 2.45) is 5.73 Å². The third kappa shape index (κ3) is 3.97. The average molecular weight is 314 g/mol. The van der Waals surface area contributed by atoms with Gasteiger partial charge in [0, 0.05) is 32.2 Å². The summed E-state index contributed by atoms with van der Waals surface area (Å²) in [4.78, 5) is 12.3. The van der Waals surface area contributed by atoms with Crippen LogP contribution in [0.3, 0.4) is 0 Å². The molecule has 1 fully saturated rings. The van der Waals surface area contributed by atoms with Crippen molar-refractivity contribution >= 4 is 5.91 Å². The van der Waals surface area contributed by atoms with E-state index in [1.165, 1.54) is 0 Å². The lowest BCUT2D eigenvalue weighted by atomic mass is 9.90.